The van der Waals surface area contributed by atoms with E-state index in [0.717, 1.165) is 24.3 Å². The van der Waals surface area contributed by atoms with Crippen LogP contribution in [0.15, 0.2) is 23.4 Å². The summed E-state index contributed by atoms with van der Waals surface area (Å²) in [5, 5.41) is 3.92. The van der Waals surface area contributed by atoms with Crippen LogP contribution in [0.3, 0.4) is 0 Å². The molecular weight excluding hydrogens is 282 g/mol. The van der Waals surface area contributed by atoms with Crippen molar-refractivity contribution in [3.8, 4) is 5.75 Å². The second-order valence-electron chi connectivity index (χ2n) is 6.41. The first-order valence-electron chi connectivity index (χ1n) is 7.80. The minimum Gasteiger partial charge on any atom is -0.497 e. The highest BCUT2D eigenvalue weighted by atomic mass is 32.2. The van der Waals surface area contributed by atoms with Gasteiger partial charge in [0.1, 0.15) is 11.8 Å². The highest BCUT2D eigenvalue weighted by molar-refractivity contribution is 7.99. The Kier molecular flexibility index (Phi) is 4.25. The lowest BCUT2D eigenvalue weighted by Crippen LogP contribution is -2.47. The van der Waals surface area contributed by atoms with E-state index in [-0.39, 0.29) is 11.5 Å². The Balaban J connectivity index is 2.11. The standard InChI is InChI=1S/C17H23NO2S/c1-17-8-4-3-5-9-21-15(16(17)18-19)10-12-6-7-13(20-2)11-14(12)17/h6-7,11,15-16H,3-5,8-10H2,1-2H3. The molecule has 2 aliphatic rings. The maximum absolute atomic E-state index is 11.6. The first-order chi connectivity index (χ1) is 10.2. The van der Waals surface area contributed by atoms with E-state index in [4.69, 9.17) is 4.74 Å². The van der Waals surface area contributed by atoms with Gasteiger partial charge >= 0.3 is 0 Å². The normalized spacial score (nSPS) is 32.3. The average molecular weight is 305 g/mol. The molecule has 0 aromatic heterocycles. The van der Waals surface area contributed by atoms with Crippen LogP contribution in [0.4, 0.5) is 0 Å². The lowest BCUT2D eigenvalue weighted by Gasteiger charge is -2.43. The van der Waals surface area contributed by atoms with Crippen molar-refractivity contribution in [2.75, 3.05) is 12.9 Å². The van der Waals surface area contributed by atoms with Gasteiger partial charge in [-0.2, -0.15) is 16.7 Å². The van der Waals surface area contributed by atoms with Gasteiger partial charge in [-0.15, -0.1) is 0 Å². The molecule has 1 aromatic carbocycles. The highest BCUT2D eigenvalue weighted by Crippen LogP contribution is 2.47. The maximum atomic E-state index is 11.6. The van der Waals surface area contributed by atoms with Crippen molar-refractivity contribution < 1.29 is 4.74 Å². The molecule has 3 rings (SSSR count). The summed E-state index contributed by atoms with van der Waals surface area (Å²) in [6, 6.07) is 6.22. The third-order valence-electron chi connectivity index (χ3n) is 5.14. The monoisotopic (exact) mass is 305 g/mol. The van der Waals surface area contributed by atoms with Crippen LogP contribution in [0.2, 0.25) is 0 Å². The number of thioether (sulfide) groups is 1. The molecule has 1 heterocycles. The molecule has 3 unspecified atom stereocenters. The van der Waals surface area contributed by atoms with Crippen LogP contribution < -0.4 is 4.74 Å². The summed E-state index contributed by atoms with van der Waals surface area (Å²) >= 11 is 1.95. The molecule has 0 saturated carbocycles. The SMILES string of the molecule is COc1ccc2c(c1)C1(C)CCCCCSC(C2)C1N=O. The Hall–Kier alpha value is -1.03. The van der Waals surface area contributed by atoms with Gasteiger partial charge in [0.25, 0.3) is 0 Å². The van der Waals surface area contributed by atoms with E-state index in [2.05, 4.69) is 24.2 Å². The van der Waals surface area contributed by atoms with Crippen LogP contribution in [0.1, 0.15) is 43.7 Å². The number of methoxy groups -OCH3 is 1. The van der Waals surface area contributed by atoms with Crippen LogP contribution in [-0.2, 0) is 11.8 Å². The number of ether oxygens (including phenoxy) is 1. The quantitative estimate of drug-likeness (QED) is 0.764. The molecule has 3 nitrogen and oxygen atoms in total. The van der Waals surface area contributed by atoms with E-state index < -0.39 is 0 Å². The van der Waals surface area contributed by atoms with Crippen LogP contribution >= 0.6 is 11.8 Å². The van der Waals surface area contributed by atoms with Crippen molar-refractivity contribution in [3.05, 3.63) is 34.2 Å². The smallest absolute Gasteiger partial charge is 0.119 e. The van der Waals surface area contributed by atoms with Crippen molar-refractivity contribution in [2.45, 2.75) is 55.7 Å². The van der Waals surface area contributed by atoms with Crippen LogP contribution in [-0.4, -0.2) is 24.2 Å². The van der Waals surface area contributed by atoms with E-state index in [1.54, 1.807) is 7.11 Å². The van der Waals surface area contributed by atoms with Crippen LogP contribution in [0.5, 0.6) is 5.75 Å². The summed E-state index contributed by atoms with van der Waals surface area (Å²) in [5.74, 6) is 2.03. The minimum atomic E-state index is -0.147. The predicted molar refractivity (Wildman–Crippen MR) is 88.3 cm³/mol. The summed E-state index contributed by atoms with van der Waals surface area (Å²) in [6.07, 6.45) is 5.67. The number of nitrogens with zero attached hydrogens (tertiary/aromatic N) is 1. The fourth-order valence-electron chi connectivity index (χ4n) is 3.91. The third-order valence-corrected chi connectivity index (χ3v) is 6.52. The van der Waals surface area contributed by atoms with Crippen molar-refractivity contribution in [2.24, 2.45) is 5.18 Å². The Morgan fingerprint density at radius 2 is 2.19 bits per heavy atom. The number of rotatable bonds is 2. The molecule has 2 bridgehead atoms. The highest BCUT2D eigenvalue weighted by Gasteiger charge is 2.47. The van der Waals surface area contributed by atoms with Gasteiger partial charge in [0.2, 0.25) is 0 Å². The zero-order chi connectivity index (χ0) is 14.9. The molecule has 1 aliphatic carbocycles. The van der Waals surface area contributed by atoms with Gasteiger partial charge in [-0.25, -0.2) is 0 Å². The molecule has 114 valence electrons. The molecule has 0 N–H and O–H groups in total. The number of nitroso groups, excluding NO2 is 1. The van der Waals surface area contributed by atoms with E-state index in [1.165, 1.54) is 30.4 Å². The van der Waals surface area contributed by atoms with Gasteiger partial charge in [-0.1, -0.05) is 31.0 Å². The van der Waals surface area contributed by atoms with E-state index in [0.29, 0.717) is 5.25 Å². The van der Waals surface area contributed by atoms with Gasteiger partial charge in [-0.3, -0.25) is 0 Å². The molecule has 0 radical (unpaired) electrons. The Morgan fingerprint density at radius 1 is 1.33 bits per heavy atom. The van der Waals surface area contributed by atoms with Crippen molar-refractivity contribution in [3.63, 3.8) is 0 Å². The summed E-state index contributed by atoms with van der Waals surface area (Å²) in [6.45, 7) is 2.23. The second-order valence-corrected chi connectivity index (χ2v) is 7.76. The second kappa shape index (κ2) is 5.99. The van der Waals surface area contributed by atoms with Crippen molar-refractivity contribution in [1.29, 1.82) is 0 Å². The zero-order valence-corrected chi connectivity index (χ0v) is 13.6. The summed E-state index contributed by atoms with van der Waals surface area (Å²) in [5.41, 5.74) is 2.51. The average Bonchev–Trinajstić information content (AvgIpc) is 2.55. The number of hydrogen-bond acceptors (Lipinski definition) is 4. The van der Waals surface area contributed by atoms with Crippen molar-refractivity contribution in [1.82, 2.24) is 0 Å². The minimum absolute atomic E-state index is 0.125. The predicted octanol–water partition coefficient (Wildman–Crippen LogP) is 4.32. The van der Waals surface area contributed by atoms with Gasteiger partial charge in [0.15, 0.2) is 0 Å². The molecular formula is C17H23NO2S. The lowest BCUT2D eigenvalue weighted by molar-refractivity contribution is 0.309. The maximum Gasteiger partial charge on any atom is 0.119 e. The largest absolute Gasteiger partial charge is 0.497 e. The third kappa shape index (κ3) is 2.59. The summed E-state index contributed by atoms with van der Waals surface area (Å²) in [7, 11) is 1.70. The first kappa shape index (κ1) is 14.9. The van der Waals surface area contributed by atoms with Gasteiger partial charge in [0, 0.05) is 10.7 Å². The molecule has 3 atom stereocenters. The van der Waals surface area contributed by atoms with Gasteiger partial charge in [0.05, 0.1) is 7.11 Å². The van der Waals surface area contributed by atoms with Gasteiger partial charge < -0.3 is 4.74 Å². The molecule has 0 spiro atoms. The van der Waals surface area contributed by atoms with Crippen molar-refractivity contribution >= 4 is 11.8 Å². The molecule has 1 aliphatic heterocycles. The number of benzene rings is 1. The lowest BCUT2D eigenvalue weighted by atomic mass is 9.65. The fourth-order valence-corrected chi connectivity index (χ4v) is 5.42. The number of fused-ring (bicyclic) bond motifs is 4. The molecule has 0 amide bonds. The molecule has 4 heteroatoms. The Bertz CT molecular complexity index is 534. The van der Waals surface area contributed by atoms with Crippen LogP contribution in [0, 0.1) is 4.91 Å². The summed E-state index contributed by atoms with van der Waals surface area (Å²) in [4.78, 5) is 11.6. The van der Waals surface area contributed by atoms with Crippen LogP contribution in [0.25, 0.3) is 0 Å². The zero-order valence-electron chi connectivity index (χ0n) is 12.8. The van der Waals surface area contributed by atoms with Gasteiger partial charge in [-0.05, 0) is 48.3 Å². The van der Waals surface area contributed by atoms with E-state index >= 15 is 0 Å². The molecule has 21 heavy (non-hydrogen) atoms. The summed E-state index contributed by atoms with van der Waals surface area (Å²) < 4.78 is 5.40. The van der Waals surface area contributed by atoms with E-state index in [9.17, 15) is 4.91 Å². The molecule has 1 saturated heterocycles. The number of hydrogen-bond donors (Lipinski definition) is 0. The Labute approximate surface area is 130 Å². The molecule has 1 aromatic rings. The van der Waals surface area contributed by atoms with E-state index in [1.807, 2.05) is 17.8 Å². The fraction of sp³-hybridized carbons (Fsp3) is 0.647. The Morgan fingerprint density at radius 3 is 2.95 bits per heavy atom. The topological polar surface area (TPSA) is 38.7 Å². The first-order valence-corrected chi connectivity index (χ1v) is 8.85. The molecule has 1 fully saturated rings.